The monoisotopic (exact) mass is 451 g/mol. The van der Waals surface area contributed by atoms with Crippen LogP contribution in [0.4, 0.5) is 5.69 Å². The number of aromatic nitrogens is 2. The van der Waals surface area contributed by atoms with Gasteiger partial charge in [-0.3, -0.25) is 9.59 Å². The minimum atomic E-state index is -0.218. The maximum Gasteiger partial charge on any atom is 0.255 e. The van der Waals surface area contributed by atoms with Crippen LogP contribution < -0.4 is 5.32 Å². The number of hydrogen-bond acceptors (Lipinski definition) is 3. The lowest BCUT2D eigenvalue weighted by molar-refractivity contribution is 0.102. The van der Waals surface area contributed by atoms with Gasteiger partial charge >= 0.3 is 0 Å². The molecule has 0 bridgehead atoms. The number of carbonyl (C=O) groups is 2. The number of rotatable bonds is 6. The van der Waals surface area contributed by atoms with Crippen molar-refractivity contribution in [2.75, 3.05) is 5.32 Å². The first kappa shape index (κ1) is 23.2. The Morgan fingerprint density at radius 3 is 2.18 bits per heavy atom. The van der Waals surface area contributed by atoms with Gasteiger partial charge in [0.1, 0.15) is 5.82 Å². The molecular formula is C29H29N3O2. The van der Waals surface area contributed by atoms with Gasteiger partial charge in [0.2, 0.25) is 0 Å². The minimum Gasteiger partial charge on any atom is -0.331 e. The van der Waals surface area contributed by atoms with Gasteiger partial charge in [0.15, 0.2) is 5.78 Å². The molecule has 0 fully saturated rings. The summed E-state index contributed by atoms with van der Waals surface area (Å²) in [7, 11) is 0. The van der Waals surface area contributed by atoms with Crippen LogP contribution in [0.15, 0.2) is 85.2 Å². The van der Waals surface area contributed by atoms with E-state index in [9.17, 15) is 9.59 Å². The van der Waals surface area contributed by atoms with Crippen LogP contribution in [0.3, 0.4) is 0 Å². The highest BCUT2D eigenvalue weighted by molar-refractivity contribution is 6.10. The number of benzene rings is 3. The molecule has 4 rings (SSSR count). The molecule has 1 heterocycles. The molecule has 0 saturated heterocycles. The Labute approximate surface area is 200 Å². The van der Waals surface area contributed by atoms with Crippen LogP contribution in [0.1, 0.15) is 64.0 Å². The van der Waals surface area contributed by atoms with E-state index < -0.39 is 0 Å². The van der Waals surface area contributed by atoms with E-state index in [4.69, 9.17) is 0 Å². The summed E-state index contributed by atoms with van der Waals surface area (Å²) in [5, 5.41) is 2.90. The normalized spacial score (nSPS) is 11.3. The number of ketones is 1. The summed E-state index contributed by atoms with van der Waals surface area (Å²) in [6, 6.07) is 22.3. The Morgan fingerprint density at radius 2 is 1.56 bits per heavy atom. The van der Waals surface area contributed by atoms with Gasteiger partial charge in [0.05, 0.1) is 0 Å². The van der Waals surface area contributed by atoms with E-state index in [1.165, 1.54) is 5.56 Å². The van der Waals surface area contributed by atoms with Crippen molar-refractivity contribution in [2.45, 2.75) is 39.7 Å². The van der Waals surface area contributed by atoms with Crippen molar-refractivity contribution in [3.8, 4) is 0 Å². The molecule has 0 atom stereocenters. The van der Waals surface area contributed by atoms with Crippen molar-refractivity contribution in [3.05, 3.63) is 119 Å². The van der Waals surface area contributed by atoms with E-state index in [1.54, 1.807) is 30.5 Å². The molecule has 5 nitrogen and oxygen atoms in total. The highest BCUT2D eigenvalue weighted by atomic mass is 16.1. The van der Waals surface area contributed by atoms with Gasteiger partial charge in [0.25, 0.3) is 5.91 Å². The number of aryl methyl sites for hydroxylation is 1. The van der Waals surface area contributed by atoms with Gasteiger partial charge in [-0.15, -0.1) is 0 Å². The molecule has 5 heteroatoms. The Balaban J connectivity index is 1.44. The van der Waals surface area contributed by atoms with E-state index in [0.29, 0.717) is 28.9 Å². The number of imidazole rings is 1. The molecule has 0 aliphatic rings. The van der Waals surface area contributed by atoms with E-state index in [-0.39, 0.29) is 17.1 Å². The van der Waals surface area contributed by atoms with Crippen molar-refractivity contribution < 1.29 is 9.59 Å². The van der Waals surface area contributed by atoms with Crippen LogP contribution in [0.5, 0.6) is 0 Å². The molecule has 0 saturated carbocycles. The predicted octanol–water partition coefficient (Wildman–Crippen LogP) is 6.02. The maximum atomic E-state index is 13.0. The Hall–Kier alpha value is -3.99. The molecule has 0 unspecified atom stereocenters. The second-order valence-electron chi connectivity index (χ2n) is 9.49. The summed E-state index contributed by atoms with van der Waals surface area (Å²) in [4.78, 5) is 30.0. The van der Waals surface area contributed by atoms with Gasteiger partial charge in [-0.2, -0.15) is 0 Å². The molecule has 0 radical (unpaired) electrons. The van der Waals surface area contributed by atoms with Crippen molar-refractivity contribution >= 4 is 17.4 Å². The fourth-order valence-corrected chi connectivity index (χ4v) is 3.76. The molecule has 0 aliphatic heterocycles. The van der Waals surface area contributed by atoms with Gasteiger partial charge in [-0.05, 0) is 47.7 Å². The third-order valence-electron chi connectivity index (χ3n) is 5.89. The minimum absolute atomic E-state index is 0.0302. The number of nitrogens with one attached hydrogen (secondary N) is 1. The number of hydrogen-bond donors (Lipinski definition) is 1. The van der Waals surface area contributed by atoms with Gasteiger partial charge in [-0.25, -0.2) is 4.98 Å². The molecule has 34 heavy (non-hydrogen) atoms. The third-order valence-corrected chi connectivity index (χ3v) is 5.89. The molecule has 1 N–H and O–H groups in total. The fourth-order valence-electron chi connectivity index (χ4n) is 3.76. The molecule has 172 valence electrons. The van der Waals surface area contributed by atoms with Crippen molar-refractivity contribution in [1.82, 2.24) is 9.55 Å². The molecule has 4 aromatic rings. The van der Waals surface area contributed by atoms with E-state index in [0.717, 1.165) is 11.4 Å². The summed E-state index contributed by atoms with van der Waals surface area (Å²) in [5.74, 6) is 0.654. The van der Waals surface area contributed by atoms with E-state index >= 15 is 0 Å². The average Bonchev–Trinajstić information content (AvgIpc) is 3.23. The first-order chi connectivity index (χ1) is 16.2. The smallest absolute Gasteiger partial charge is 0.255 e. The summed E-state index contributed by atoms with van der Waals surface area (Å²) >= 11 is 0. The first-order valence-corrected chi connectivity index (χ1v) is 11.3. The number of anilines is 1. The lowest BCUT2D eigenvalue weighted by Crippen LogP contribution is -2.13. The summed E-state index contributed by atoms with van der Waals surface area (Å²) in [5.41, 5.74) is 4.59. The summed E-state index contributed by atoms with van der Waals surface area (Å²) < 4.78 is 2.05. The van der Waals surface area contributed by atoms with Gasteiger partial charge in [0, 0.05) is 41.3 Å². The van der Waals surface area contributed by atoms with Crippen LogP contribution in [0.2, 0.25) is 0 Å². The zero-order valence-electron chi connectivity index (χ0n) is 20.0. The molecular weight excluding hydrogens is 422 g/mol. The quantitative estimate of drug-likeness (QED) is 0.365. The lowest BCUT2D eigenvalue weighted by atomic mass is 9.86. The van der Waals surface area contributed by atoms with Crippen LogP contribution >= 0.6 is 0 Å². The Bertz CT molecular complexity index is 1310. The van der Waals surface area contributed by atoms with Gasteiger partial charge in [-0.1, -0.05) is 69.3 Å². The van der Waals surface area contributed by atoms with Gasteiger partial charge < -0.3 is 9.88 Å². The average molecular weight is 452 g/mol. The highest BCUT2D eigenvalue weighted by Gasteiger charge is 2.16. The maximum absolute atomic E-state index is 13.0. The van der Waals surface area contributed by atoms with Crippen LogP contribution in [-0.4, -0.2) is 21.2 Å². The molecule has 3 aromatic carbocycles. The van der Waals surface area contributed by atoms with Crippen LogP contribution in [-0.2, 0) is 12.0 Å². The van der Waals surface area contributed by atoms with Crippen LogP contribution in [0.25, 0.3) is 0 Å². The summed E-state index contributed by atoms with van der Waals surface area (Å²) in [6.45, 7) is 9.09. The number of amides is 1. The zero-order chi connectivity index (χ0) is 24.3. The molecule has 0 aliphatic carbocycles. The lowest BCUT2D eigenvalue weighted by Gasteiger charge is -2.19. The van der Waals surface area contributed by atoms with Crippen molar-refractivity contribution in [1.29, 1.82) is 0 Å². The summed E-state index contributed by atoms with van der Waals surface area (Å²) in [6.07, 6.45) is 3.71. The Morgan fingerprint density at radius 1 is 0.882 bits per heavy atom. The highest BCUT2D eigenvalue weighted by Crippen LogP contribution is 2.23. The standard InChI is InChI=1S/C29H29N3O2/c1-20-30-16-17-32(20)19-21-8-10-23(11-9-21)28(34)31-26-7-5-6-24(18-26)27(33)22-12-14-25(15-13-22)29(2,3)4/h5-18H,19H2,1-4H3,(H,31,34). The topological polar surface area (TPSA) is 64.0 Å². The number of carbonyl (C=O) groups excluding carboxylic acids is 2. The SMILES string of the molecule is Cc1nccn1Cc1ccc(C(=O)Nc2cccc(C(=O)c3ccc(C(C)(C)C)cc3)c2)cc1. The van der Waals surface area contributed by atoms with E-state index in [1.807, 2.05) is 66.2 Å². The fraction of sp³-hybridized carbons (Fsp3) is 0.207. The molecule has 1 aromatic heterocycles. The Kier molecular flexibility index (Phi) is 6.46. The second-order valence-corrected chi connectivity index (χ2v) is 9.49. The third kappa shape index (κ3) is 5.31. The first-order valence-electron chi connectivity index (χ1n) is 11.3. The van der Waals surface area contributed by atoms with Crippen LogP contribution in [0, 0.1) is 6.92 Å². The van der Waals surface area contributed by atoms with E-state index in [2.05, 4.69) is 31.1 Å². The molecule has 0 spiro atoms. The zero-order valence-corrected chi connectivity index (χ0v) is 20.0. The molecule has 1 amide bonds. The largest absolute Gasteiger partial charge is 0.331 e. The number of nitrogens with zero attached hydrogens (tertiary/aromatic N) is 2. The second kappa shape index (κ2) is 9.48. The predicted molar refractivity (Wildman–Crippen MR) is 135 cm³/mol. The van der Waals surface area contributed by atoms with Crippen molar-refractivity contribution in [2.24, 2.45) is 0 Å². The van der Waals surface area contributed by atoms with Crippen molar-refractivity contribution in [3.63, 3.8) is 0 Å².